The van der Waals surface area contributed by atoms with Crippen molar-refractivity contribution in [1.82, 2.24) is 4.98 Å². The van der Waals surface area contributed by atoms with Crippen LogP contribution in [0.15, 0.2) is 65.2 Å². The van der Waals surface area contributed by atoms with Crippen molar-refractivity contribution in [1.29, 1.82) is 5.26 Å². The monoisotopic (exact) mass is 276 g/mol. The molecule has 3 aromatic rings. The van der Waals surface area contributed by atoms with Crippen LogP contribution in [0.5, 0.6) is 5.75 Å². The van der Waals surface area contributed by atoms with Gasteiger partial charge >= 0.3 is 0 Å². The molecule has 4 nitrogen and oxygen atoms in total. The van der Waals surface area contributed by atoms with Crippen molar-refractivity contribution >= 4 is 0 Å². The summed E-state index contributed by atoms with van der Waals surface area (Å²) in [5, 5.41) is 8.73. The Labute approximate surface area is 122 Å². The van der Waals surface area contributed by atoms with Gasteiger partial charge in [-0.15, -0.1) is 0 Å². The first kappa shape index (κ1) is 12.9. The van der Waals surface area contributed by atoms with Crippen molar-refractivity contribution in [2.75, 3.05) is 0 Å². The molecule has 21 heavy (non-hydrogen) atoms. The second-order valence-corrected chi connectivity index (χ2v) is 4.41. The van der Waals surface area contributed by atoms with Crippen LogP contribution in [0.3, 0.4) is 0 Å². The first-order chi connectivity index (χ1) is 10.3. The van der Waals surface area contributed by atoms with E-state index in [2.05, 4.69) is 11.1 Å². The summed E-state index contributed by atoms with van der Waals surface area (Å²) in [6.07, 6.45) is 1.69. The first-order valence-corrected chi connectivity index (χ1v) is 6.48. The van der Waals surface area contributed by atoms with Crippen LogP contribution in [0.4, 0.5) is 0 Å². The summed E-state index contributed by atoms with van der Waals surface area (Å²) in [4.78, 5) is 4.20. The van der Waals surface area contributed by atoms with Crippen LogP contribution < -0.4 is 4.74 Å². The number of ether oxygens (including phenoxy) is 1. The zero-order chi connectivity index (χ0) is 14.5. The Morgan fingerprint density at radius 3 is 2.52 bits per heavy atom. The molecular formula is C17H12N2O2. The number of hydrogen-bond donors (Lipinski definition) is 0. The second-order valence-electron chi connectivity index (χ2n) is 4.41. The zero-order valence-electron chi connectivity index (χ0n) is 11.2. The summed E-state index contributed by atoms with van der Waals surface area (Å²) in [7, 11) is 0. The van der Waals surface area contributed by atoms with E-state index in [4.69, 9.17) is 14.4 Å². The molecule has 0 saturated carbocycles. The third kappa shape index (κ3) is 3.10. The van der Waals surface area contributed by atoms with E-state index in [9.17, 15) is 0 Å². The van der Waals surface area contributed by atoms with Crippen LogP contribution in [0.1, 0.15) is 11.5 Å². The van der Waals surface area contributed by atoms with E-state index in [1.807, 2.05) is 30.3 Å². The smallest absolute Gasteiger partial charge is 0.232 e. The number of rotatable bonds is 4. The third-order valence-electron chi connectivity index (χ3n) is 2.96. The predicted octanol–water partition coefficient (Wildman–Crippen LogP) is 3.79. The van der Waals surface area contributed by atoms with Gasteiger partial charge in [-0.05, 0) is 24.3 Å². The minimum Gasteiger partial charge on any atom is -0.484 e. The van der Waals surface area contributed by atoms with E-state index < -0.39 is 0 Å². The molecule has 0 amide bonds. The molecular weight excluding hydrogens is 264 g/mol. The molecule has 4 heteroatoms. The van der Waals surface area contributed by atoms with Gasteiger partial charge in [-0.2, -0.15) is 5.26 Å². The van der Waals surface area contributed by atoms with Gasteiger partial charge in [0, 0.05) is 5.56 Å². The Hall–Kier alpha value is -3.06. The van der Waals surface area contributed by atoms with Crippen LogP contribution >= 0.6 is 0 Å². The molecule has 1 heterocycles. The average molecular weight is 276 g/mol. The number of nitriles is 1. The summed E-state index contributed by atoms with van der Waals surface area (Å²) in [5.74, 6) is 1.90. The molecule has 0 atom stereocenters. The molecule has 3 rings (SSSR count). The fourth-order valence-corrected chi connectivity index (χ4v) is 1.88. The van der Waals surface area contributed by atoms with Gasteiger partial charge in [0.25, 0.3) is 0 Å². The predicted molar refractivity (Wildman–Crippen MR) is 77.4 cm³/mol. The summed E-state index contributed by atoms with van der Waals surface area (Å²) >= 11 is 0. The van der Waals surface area contributed by atoms with Gasteiger partial charge in [0.05, 0.1) is 17.8 Å². The van der Waals surface area contributed by atoms with Crippen LogP contribution in [0.2, 0.25) is 0 Å². The fraction of sp³-hybridized carbons (Fsp3) is 0.0588. The highest BCUT2D eigenvalue weighted by Gasteiger charge is 2.06. The van der Waals surface area contributed by atoms with Gasteiger partial charge in [0.15, 0.2) is 12.4 Å². The molecule has 0 radical (unpaired) electrons. The number of hydrogen-bond acceptors (Lipinski definition) is 4. The van der Waals surface area contributed by atoms with Crippen molar-refractivity contribution in [3.63, 3.8) is 0 Å². The van der Waals surface area contributed by atoms with Gasteiger partial charge in [-0.25, -0.2) is 4.98 Å². The zero-order valence-corrected chi connectivity index (χ0v) is 11.2. The van der Waals surface area contributed by atoms with E-state index in [1.165, 1.54) is 0 Å². The van der Waals surface area contributed by atoms with Gasteiger partial charge in [0.1, 0.15) is 5.75 Å². The van der Waals surface area contributed by atoms with Gasteiger partial charge in [0.2, 0.25) is 5.89 Å². The highest BCUT2D eigenvalue weighted by Crippen LogP contribution is 2.20. The number of oxazole rings is 1. The van der Waals surface area contributed by atoms with Crippen LogP contribution in [-0.2, 0) is 6.61 Å². The van der Waals surface area contributed by atoms with E-state index >= 15 is 0 Å². The Morgan fingerprint density at radius 1 is 1.05 bits per heavy atom. The third-order valence-corrected chi connectivity index (χ3v) is 2.96. The number of benzene rings is 2. The second kappa shape index (κ2) is 5.93. The normalized spacial score (nSPS) is 10.0. The van der Waals surface area contributed by atoms with Gasteiger partial charge in [-0.1, -0.05) is 30.3 Å². The molecule has 0 saturated heterocycles. The molecule has 0 fully saturated rings. The maximum Gasteiger partial charge on any atom is 0.232 e. The highest BCUT2D eigenvalue weighted by atomic mass is 16.5. The minimum absolute atomic E-state index is 0.249. The quantitative estimate of drug-likeness (QED) is 0.727. The maximum atomic E-state index is 8.73. The molecule has 102 valence electrons. The topological polar surface area (TPSA) is 59.0 Å². The molecule has 0 bridgehead atoms. The van der Waals surface area contributed by atoms with E-state index in [0.717, 1.165) is 5.56 Å². The van der Waals surface area contributed by atoms with E-state index in [0.29, 0.717) is 23.0 Å². The van der Waals surface area contributed by atoms with E-state index in [1.54, 1.807) is 30.5 Å². The molecule has 0 aliphatic rings. The van der Waals surface area contributed by atoms with Crippen LogP contribution in [0, 0.1) is 11.3 Å². The van der Waals surface area contributed by atoms with E-state index in [-0.39, 0.29) is 6.61 Å². The lowest BCUT2D eigenvalue weighted by Crippen LogP contribution is -1.95. The first-order valence-electron chi connectivity index (χ1n) is 6.48. The average Bonchev–Trinajstić information content (AvgIpc) is 3.03. The summed E-state index contributed by atoms with van der Waals surface area (Å²) < 4.78 is 11.2. The van der Waals surface area contributed by atoms with Gasteiger partial charge < -0.3 is 9.15 Å². The summed E-state index contributed by atoms with van der Waals surface area (Å²) in [6, 6.07) is 18.8. The Balaban J connectivity index is 1.66. The molecule has 0 N–H and O–H groups in total. The molecule has 0 spiro atoms. The number of nitrogens with zero attached hydrogens (tertiary/aromatic N) is 2. The molecule has 1 aromatic heterocycles. The van der Waals surface area contributed by atoms with Crippen molar-refractivity contribution in [2.45, 2.75) is 6.61 Å². The van der Waals surface area contributed by atoms with Crippen molar-refractivity contribution < 1.29 is 9.15 Å². The largest absolute Gasteiger partial charge is 0.484 e. The molecule has 2 aromatic carbocycles. The molecule has 0 aliphatic heterocycles. The molecule has 0 unspecified atom stereocenters. The maximum absolute atomic E-state index is 8.73. The minimum atomic E-state index is 0.249. The van der Waals surface area contributed by atoms with Crippen LogP contribution in [-0.4, -0.2) is 4.98 Å². The van der Waals surface area contributed by atoms with Gasteiger partial charge in [-0.3, -0.25) is 0 Å². The van der Waals surface area contributed by atoms with Crippen molar-refractivity contribution in [3.8, 4) is 23.1 Å². The number of aromatic nitrogens is 1. The molecule has 0 aliphatic carbocycles. The lowest BCUT2D eigenvalue weighted by Gasteiger charge is -2.03. The Morgan fingerprint density at radius 2 is 1.81 bits per heavy atom. The fourth-order valence-electron chi connectivity index (χ4n) is 1.88. The summed E-state index contributed by atoms with van der Waals surface area (Å²) in [5.41, 5.74) is 1.58. The van der Waals surface area contributed by atoms with Crippen molar-refractivity contribution in [2.24, 2.45) is 0 Å². The summed E-state index contributed by atoms with van der Waals surface area (Å²) in [6.45, 7) is 0.249. The SMILES string of the molecule is N#Cc1ccc(OCc2ncc(-c3ccccc3)o2)cc1. The highest BCUT2D eigenvalue weighted by molar-refractivity contribution is 5.55. The Kier molecular flexibility index (Phi) is 3.66. The van der Waals surface area contributed by atoms with Crippen molar-refractivity contribution in [3.05, 3.63) is 72.2 Å². The standard InChI is InChI=1S/C17H12N2O2/c18-10-13-6-8-15(9-7-13)20-12-17-19-11-16(21-17)14-4-2-1-3-5-14/h1-9,11H,12H2. The lowest BCUT2D eigenvalue weighted by atomic mass is 10.2. The van der Waals surface area contributed by atoms with Crippen LogP contribution in [0.25, 0.3) is 11.3 Å². The Bertz CT molecular complexity index is 755. The lowest BCUT2D eigenvalue weighted by molar-refractivity contribution is 0.264.